The van der Waals surface area contributed by atoms with Crippen LogP contribution < -0.4 is 29.6 Å². The zero-order valence-corrected chi connectivity index (χ0v) is 9.46. The van der Waals surface area contributed by atoms with Gasteiger partial charge in [-0.2, -0.15) is 0 Å². The summed E-state index contributed by atoms with van der Waals surface area (Å²) in [6.45, 7) is 2.62. The molecule has 0 saturated heterocycles. The van der Waals surface area contributed by atoms with Crippen molar-refractivity contribution in [3.8, 4) is 0 Å². The van der Waals surface area contributed by atoms with E-state index in [1.165, 1.54) is 13.8 Å². The van der Waals surface area contributed by atoms with Gasteiger partial charge in [0.2, 0.25) is 10.4 Å². The molecular formula is C4H9NaO5S. The molecule has 0 rings (SSSR count). The van der Waals surface area contributed by atoms with Gasteiger partial charge in [0.15, 0.2) is 0 Å². The van der Waals surface area contributed by atoms with Crippen molar-refractivity contribution in [3.63, 3.8) is 0 Å². The summed E-state index contributed by atoms with van der Waals surface area (Å²) in [4.78, 5) is 0. The molecule has 7 heteroatoms. The number of aliphatic hydroxyl groups excluding tert-OH is 1. The van der Waals surface area contributed by atoms with Crippen molar-refractivity contribution in [1.82, 2.24) is 0 Å². The SMILES string of the molecule is CC(O)C(C)OS(=O)(=O)[O-].[Na+]. The second kappa shape index (κ2) is 5.47. The molecule has 1 N–H and O–H groups in total. The molecule has 2 unspecified atom stereocenters. The summed E-state index contributed by atoms with van der Waals surface area (Å²) in [6, 6.07) is 0. The summed E-state index contributed by atoms with van der Waals surface area (Å²) in [5.74, 6) is 0. The monoisotopic (exact) mass is 192 g/mol. The predicted molar refractivity (Wildman–Crippen MR) is 31.9 cm³/mol. The summed E-state index contributed by atoms with van der Waals surface area (Å²) < 4.78 is 33.4. The molecular weight excluding hydrogens is 183 g/mol. The Hall–Kier alpha value is 0.830. The van der Waals surface area contributed by atoms with Gasteiger partial charge in [-0.15, -0.1) is 0 Å². The van der Waals surface area contributed by atoms with Crippen molar-refractivity contribution in [2.24, 2.45) is 0 Å². The zero-order chi connectivity index (χ0) is 8.36. The van der Waals surface area contributed by atoms with E-state index in [1.54, 1.807) is 0 Å². The van der Waals surface area contributed by atoms with Crippen LogP contribution in [0, 0.1) is 0 Å². The minimum absolute atomic E-state index is 0. The molecule has 0 saturated carbocycles. The molecule has 2 atom stereocenters. The number of hydrogen-bond acceptors (Lipinski definition) is 5. The van der Waals surface area contributed by atoms with E-state index in [4.69, 9.17) is 5.11 Å². The van der Waals surface area contributed by atoms with Gasteiger partial charge in [0.25, 0.3) is 0 Å². The zero-order valence-electron chi connectivity index (χ0n) is 6.64. The minimum atomic E-state index is -4.68. The summed E-state index contributed by atoms with van der Waals surface area (Å²) in [7, 11) is -4.68. The first-order valence-electron chi connectivity index (χ1n) is 2.65. The summed E-state index contributed by atoms with van der Waals surface area (Å²) in [5.41, 5.74) is 0. The van der Waals surface area contributed by atoms with Crippen LogP contribution in [0.15, 0.2) is 0 Å². The van der Waals surface area contributed by atoms with Crippen LogP contribution in [0.25, 0.3) is 0 Å². The van der Waals surface area contributed by atoms with E-state index in [0.717, 1.165) is 0 Å². The molecule has 0 aromatic heterocycles. The Morgan fingerprint density at radius 1 is 1.45 bits per heavy atom. The van der Waals surface area contributed by atoms with Gasteiger partial charge in [-0.25, -0.2) is 8.42 Å². The summed E-state index contributed by atoms with van der Waals surface area (Å²) in [6.07, 6.45) is -1.95. The fraction of sp³-hybridized carbons (Fsp3) is 1.00. The molecule has 62 valence electrons. The molecule has 0 aromatic rings. The van der Waals surface area contributed by atoms with Gasteiger partial charge in [-0.3, -0.25) is 4.18 Å². The van der Waals surface area contributed by atoms with Gasteiger partial charge in [0, 0.05) is 0 Å². The van der Waals surface area contributed by atoms with Crippen molar-refractivity contribution in [2.75, 3.05) is 0 Å². The summed E-state index contributed by atoms with van der Waals surface area (Å²) in [5, 5.41) is 8.66. The first-order valence-corrected chi connectivity index (χ1v) is 3.98. The van der Waals surface area contributed by atoms with Crippen molar-refractivity contribution < 1.29 is 51.8 Å². The Morgan fingerprint density at radius 3 is 1.91 bits per heavy atom. The van der Waals surface area contributed by atoms with Gasteiger partial charge >= 0.3 is 29.6 Å². The molecule has 0 aliphatic heterocycles. The molecule has 0 radical (unpaired) electrons. The molecule has 0 fully saturated rings. The average Bonchev–Trinajstić information content (AvgIpc) is 1.60. The van der Waals surface area contributed by atoms with E-state index < -0.39 is 22.6 Å². The van der Waals surface area contributed by atoms with Crippen LogP contribution in [-0.2, 0) is 14.6 Å². The van der Waals surface area contributed by atoms with Crippen LogP contribution >= 0.6 is 0 Å². The van der Waals surface area contributed by atoms with E-state index in [2.05, 4.69) is 4.18 Å². The third-order valence-corrected chi connectivity index (χ3v) is 1.49. The predicted octanol–water partition coefficient (Wildman–Crippen LogP) is -3.76. The summed E-state index contributed by atoms with van der Waals surface area (Å²) >= 11 is 0. The first kappa shape index (κ1) is 14.4. The van der Waals surface area contributed by atoms with Gasteiger partial charge < -0.3 is 9.66 Å². The number of hydrogen-bond donors (Lipinski definition) is 1. The van der Waals surface area contributed by atoms with E-state index >= 15 is 0 Å². The third-order valence-electron chi connectivity index (χ3n) is 0.949. The molecule has 0 aromatic carbocycles. The molecule has 0 bridgehead atoms. The standard InChI is InChI=1S/C4H10O5S.Na/c1-3(5)4(2)9-10(6,7)8;/h3-5H,1-2H3,(H,6,7,8);/q;+1/p-1. The maximum Gasteiger partial charge on any atom is 1.00 e. The Balaban J connectivity index is 0. The van der Waals surface area contributed by atoms with E-state index in [-0.39, 0.29) is 29.6 Å². The molecule has 5 nitrogen and oxygen atoms in total. The second-order valence-electron chi connectivity index (χ2n) is 1.95. The Kier molecular flexibility index (Phi) is 7.14. The third kappa shape index (κ3) is 8.74. The first-order chi connectivity index (χ1) is 4.33. The second-order valence-corrected chi connectivity index (χ2v) is 2.96. The molecule has 0 spiro atoms. The van der Waals surface area contributed by atoms with Gasteiger partial charge in [0.05, 0.1) is 12.2 Å². The van der Waals surface area contributed by atoms with E-state index in [9.17, 15) is 13.0 Å². The topological polar surface area (TPSA) is 86.7 Å². The van der Waals surface area contributed by atoms with Crippen molar-refractivity contribution in [3.05, 3.63) is 0 Å². The fourth-order valence-corrected chi connectivity index (χ4v) is 0.799. The molecule has 11 heavy (non-hydrogen) atoms. The molecule has 0 aliphatic carbocycles. The van der Waals surface area contributed by atoms with Crippen LogP contribution in [-0.4, -0.2) is 30.3 Å². The van der Waals surface area contributed by atoms with Crippen molar-refractivity contribution in [1.29, 1.82) is 0 Å². The van der Waals surface area contributed by atoms with Crippen LogP contribution in [0.3, 0.4) is 0 Å². The van der Waals surface area contributed by atoms with Crippen molar-refractivity contribution in [2.45, 2.75) is 26.1 Å². The Bertz CT molecular complexity index is 187. The van der Waals surface area contributed by atoms with Gasteiger partial charge in [-0.1, -0.05) is 0 Å². The van der Waals surface area contributed by atoms with Gasteiger partial charge in [-0.05, 0) is 13.8 Å². The number of aliphatic hydroxyl groups is 1. The normalized spacial score (nSPS) is 16.7. The van der Waals surface area contributed by atoms with E-state index in [1.807, 2.05) is 0 Å². The smallest absolute Gasteiger partial charge is 0.726 e. The molecule has 0 heterocycles. The van der Waals surface area contributed by atoms with Crippen molar-refractivity contribution >= 4 is 10.4 Å². The molecule has 0 aliphatic rings. The molecule has 0 amide bonds. The Morgan fingerprint density at radius 2 is 1.82 bits per heavy atom. The van der Waals surface area contributed by atoms with E-state index in [0.29, 0.717) is 0 Å². The van der Waals surface area contributed by atoms with Crippen LogP contribution in [0.2, 0.25) is 0 Å². The van der Waals surface area contributed by atoms with Crippen LogP contribution in [0.5, 0.6) is 0 Å². The number of rotatable bonds is 3. The quantitative estimate of drug-likeness (QED) is 0.282. The average molecular weight is 192 g/mol. The van der Waals surface area contributed by atoms with Crippen LogP contribution in [0.4, 0.5) is 0 Å². The van der Waals surface area contributed by atoms with Crippen LogP contribution in [0.1, 0.15) is 13.8 Å². The fourth-order valence-electron chi connectivity index (χ4n) is 0.266. The maximum absolute atomic E-state index is 9.86. The largest absolute Gasteiger partial charge is 1.00 e. The van der Waals surface area contributed by atoms with Gasteiger partial charge in [0.1, 0.15) is 0 Å². The maximum atomic E-state index is 9.86. The minimum Gasteiger partial charge on any atom is -0.726 e. The Labute approximate surface area is 88.0 Å².